The summed E-state index contributed by atoms with van der Waals surface area (Å²) in [6.45, 7) is 0. The molecule has 0 radical (unpaired) electrons. The second-order valence-corrected chi connectivity index (χ2v) is 17.8. The van der Waals surface area contributed by atoms with Crippen molar-refractivity contribution < 1.29 is 43.0 Å². The standard InChI is InChI=1S/C20H20BN3O10S4/c1-35(25,26)19(36(2,27)28)20(37(3,29)30,38(4,31)32)34-21(33-19)16-9-10-18-23-12-17(24(18)13-16)15-7-5-14(11-22)6-8-15/h5-10,12-13H,1-4H3. The lowest BCUT2D eigenvalue weighted by atomic mass is 9.81. The Labute approximate surface area is 219 Å². The van der Waals surface area contributed by atoms with Gasteiger partial charge in [-0.3, -0.25) is 0 Å². The van der Waals surface area contributed by atoms with Gasteiger partial charge < -0.3 is 13.7 Å². The predicted octanol–water partition coefficient (Wildman–Crippen LogP) is -0.899. The van der Waals surface area contributed by atoms with Crippen LogP contribution in [-0.4, -0.2) is 83.7 Å². The van der Waals surface area contributed by atoms with Crippen molar-refractivity contribution in [3.8, 4) is 17.3 Å². The zero-order valence-electron chi connectivity index (χ0n) is 20.3. The van der Waals surface area contributed by atoms with Crippen LogP contribution in [0, 0.1) is 11.3 Å². The van der Waals surface area contributed by atoms with E-state index in [1.54, 1.807) is 24.3 Å². The molecule has 3 heterocycles. The molecule has 38 heavy (non-hydrogen) atoms. The van der Waals surface area contributed by atoms with Crippen molar-refractivity contribution in [2.24, 2.45) is 0 Å². The second kappa shape index (κ2) is 8.59. The van der Waals surface area contributed by atoms with Crippen molar-refractivity contribution in [1.82, 2.24) is 9.38 Å². The summed E-state index contributed by atoms with van der Waals surface area (Å²) in [7, 11) is -22.7. The highest BCUT2D eigenvalue weighted by Gasteiger charge is 2.83. The highest BCUT2D eigenvalue weighted by atomic mass is 32.3. The summed E-state index contributed by atoms with van der Waals surface area (Å²) < 4.78 is 109. The number of nitriles is 1. The van der Waals surface area contributed by atoms with Gasteiger partial charge in [-0.15, -0.1) is 0 Å². The Hall–Kier alpha value is -2.82. The first-order valence-electron chi connectivity index (χ1n) is 10.4. The van der Waals surface area contributed by atoms with Gasteiger partial charge in [0.1, 0.15) is 5.65 Å². The minimum absolute atomic E-state index is 0.101. The quantitative estimate of drug-likeness (QED) is 0.316. The fraction of sp³-hybridized carbons (Fsp3) is 0.300. The number of pyridine rings is 1. The van der Waals surface area contributed by atoms with Crippen LogP contribution in [0.2, 0.25) is 0 Å². The number of hydrogen-bond acceptors (Lipinski definition) is 12. The number of nitrogens with zero attached hydrogens (tertiary/aromatic N) is 3. The molecule has 1 aliphatic heterocycles. The van der Waals surface area contributed by atoms with E-state index in [1.807, 2.05) is 6.07 Å². The lowest BCUT2D eigenvalue weighted by Crippen LogP contribution is -2.67. The molecule has 0 spiro atoms. The topological polar surface area (TPSA) is 196 Å². The van der Waals surface area contributed by atoms with E-state index in [0.717, 1.165) is 0 Å². The van der Waals surface area contributed by atoms with Crippen LogP contribution in [0.25, 0.3) is 16.9 Å². The van der Waals surface area contributed by atoms with Crippen molar-refractivity contribution >= 4 is 57.6 Å². The van der Waals surface area contributed by atoms with Gasteiger partial charge in [0, 0.05) is 36.8 Å². The molecule has 1 aliphatic rings. The van der Waals surface area contributed by atoms with Crippen LogP contribution < -0.4 is 5.46 Å². The SMILES string of the molecule is CS(=O)(=O)C1(S(C)(=O)=O)OB(c2ccc3ncc(-c4ccc(C#N)cc4)n3c2)OC1(S(C)(=O)=O)S(C)(=O)=O. The molecule has 0 aliphatic carbocycles. The van der Waals surface area contributed by atoms with Gasteiger partial charge >= 0.3 is 15.6 Å². The molecule has 0 atom stereocenters. The minimum Gasteiger partial charge on any atom is -0.372 e. The van der Waals surface area contributed by atoms with E-state index in [1.165, 1.54) is 28.9 Å². The van der Waals surface area contributed by atoms with Gasteiger partial charge in [-0.2, -0.15) is 5.26 Å². The maximum atomic E-state index is 13.0. The number of benzene rings is 1. The molecule has 2 aromatic heterocycles. The van der Waals surface area contributed by atoms with Crippen molar-refractivity contribution in [3.05, 3.63) is 54.4 Å². The average Bonchev–Trinajstić information content (AvgIpc) is 3.39. The molecule has 0 unspecified atom stereocenters. The zero-order chi connectivity index (χ0) is 28.5. The van der Waals surface area contributed by atoms with Crippen LogP contribution in [0.4, 0.5) is 0 Å². The van der Waals surface area contributed by atoms with Crippen molar-refractivity contribution in [2.45, 2.75) is 8.53 Å². The Morgan fingerprint density at radius 1 is 0.789 bits per heavy atom. The third-order valence-electron chi connectivity index (χ3n) is 5.96. The first-order chi connectivity index (χ1) is 17.3. The normalized spacial score (nSPS) is 17.9. The first-order valence-corrected chi connectivity index (χ1v) is 18.0. The van der Waals surface area contributed by atoms with Crippen molar-refractivity contribution in [3.63, 3.8) is 0 Å². The molecule has 0 N–H and O–H groups in total. The van der Waals surface area contributed by atoms with E-state index in [4.69, 9.17) is 14.6 Å². The number of imidazole rings is 1. The average molecular weight is 601 g/mol. The van der Waals surface area contributed by atoms with Gasteiger partial charge in [0.25, 0.3) is 0 Å². The molecule has 0 amide bonds. The van der Waals surface area contributed by atoms with Crippen LogP contribution >= 0.6 is 0 Å². The summed E-state index contributed by atoms with van der Waals surface area (Å²) in [6, 6.07) is 11.2. The second-order valence-electron chi connectivity index (χ2n) is 8.79. The van der Waals surface area contributed by atoms with E-state index in [-0.39, 0.29) is 5.46 Å². The Kier molecular flexibility index (Phi) is 6.38. The maximum Gasteiger partial charge on any atom is 0.499 e. The van der Waals surface area contributed by atoms with Crippen molar-refractivity contribution in [1.29, 1.82) is 5.26 Å². The van der Waals surface area contributed by atoms with E-state index < -0.39 is 55.0 Å². The van der Waals surface area contributed by atoms with Gasteiger partial charge in [0.2, 0.25) is 0 Å². The molecular weight excluding hydrogens is 581 g/mol. The fourth-order valence-electron chi connectivity index (χ4n) is 4.46. The number of aromatic nitrogens is 2. The Bertz CT molecular complexity index is 1800. The lowest BCUT2D eigenvalue weighted by Gasteiger charge is -2.37. The van der Waals surface area contributed by atoms with Gasteiger partial charge in [0.15, 0.2) is 39.3 Å². The van der Waals surface area contributed by atoms with Crippen LogP contribution in [0.15, 0.2) is 48.8 Å². The molecule has 1 saturated heterocycles. The summed E-state index contributed by atoms with van der Waals surface area (Å²) in [5.74, 6) is 0. The third-order valence-corrected chi connectivity index (χ3v) is 15.6. The Morgan fingerprint density at radius 2 is 1.26 bits per heavy atom. The minimum atomic E-state index is -5.17. The van der Waals surface area contributed by atoms with E-state index >= 15 is 0 Å². The maximum absolute atomic E-state index is 13.0. The Balaban J connectivity index is 2.00. The summed E-state index contributed by atoms with van der Waals surface area (Å²) in [5, 5.41) is 9.04. The summed E-state index contributed by atoms with van der Waals surface area (Å²) in [5.41, 5.74) is 1.79. The number of rotatable bonds is 6. The fourth-order valence-corrected chi connectivity index (χ4v) is 15.5. The molecule has 3 aromatic rings. The highest BCUT2D eigenvalue weighted by molar-refractivity contribution is 8.16. The summed E-state index contributed by atoms with van der Waals surface area (Å²) in [6.07, 6.45) is 4.22. The van der Waals surface area contributed by atoms with Crippen molar-refractivity contribution in [2.75, 3.05) is 25.0 Å². The molecule has 1 fully saturated rings. The summed E-state index contributed by atoms with van der Waals surface area (Å²) in [4.78, 5) is 4.25. The summed E-state index contributed by atoms with van der Waals surface area (Å²) >= 11 is 0. The molecule has 0 saturated carbocycles. The van der Waals surface area contributed by atoms with E-state index in [0.29, 0.717) is 47.5 Å². The van der Waals surface area contributed by atoms with Crippen LogP contribution in [-0.2, 0) is 48.7 Å². The third kappa shape index (κ3) is 3.88. The van der Waals surface area contributed by atoms with Crippen LogP contribution in [0.1, 0.15) is 5.56 Å². The molecule has 4 rings (SSSR count). The monoisotopic (exact) mass is 601 g/mol. The molecule has 13 nitrogen and oxygen atoms in total. The largest absolute Gasteiger partial charge is 0.499 e. The number of sulfone groups is 4. The predicted molar refractivity (Wildman–Crippen MR) is 138 cm³/mol. The van der Waals surface area contributed by atoms with Gasteiger partial charge in [-0.25, -0.2) is 38.7 Å². The van der Waals surface area contributed by atoms with Crippen LogP contribution in [0.3, 0.4) is 0 Å². The molecule has 1 aromatic carbocycles. The Morgan fingerprint density at radius 3 is 1.68 bits per heavy atom. The molecule has 0 bridgehead atoms. The zero-order valence-corrected chi connectivity index (χ0v) is 23.5. The number of fused-ring (bicyclic) bond motifs is 1. The van der Waals surface area contributed by atoms with E-state index in [9.17, 15) is 33.7 Å². The number of hydrogen-bond donors (Lipinski definition) is 0. The van der Waals surface area contributed by atoms with Gasteiger partial charge in [0.05, 0.1) is 23.5 Å². The van der Waals surface area contributed by atoms with Gasteiger partial charge in [-0.05, 0) is 23.7 Å². The highest BCUT2D eigenvalue weighted by Crippen LogP contribution is 2.51. The van der Waals surface area contributed by atoms with Crippen LogP contribution in [0.5, 0.6) is 0 Å². The lowest BCUT2D eigenvalue weighted by molar-refractivity contribution is 0.202. The van der Waals surface area contributed by atoms with Gasteiger partial charge in [-0.1, -0.05) is 18.2 Å². The smallest absolute Gasteiger partial charge is 0.372 e. The molecular formula is C20H20BN3O10S4. The molecule has 18 heteroatoms. The van der Waals surface area contributed by atoms with E-state index in [2.05, 4.69) is 4.98 Å². The molecule has 202 valence electrons. The first kappa shape index (κ1) is 28.2.